The van der Waals surface area contributed by atoms with Gasteiger partial charge in [-0.15, -0.1) is 0 Å². The molecule has 1 aromatic carbocycles. The number of hydrogen-bond donors (Lipinski definition) is 1. The van der Waals surface area contributed by atoms with Crippen molar-refractivity contribution >= 4 is 23.2 Å². The summed E-state index contributed by atoms with van der Waals surface area (Å²) < 4.78 is 0. The molecular formula is C14H19ClN2O. The van der Waals surface area contributed by atoms with Gasteiger partial charge in [0, 0.05) is 18.8 Å². The molecule has 0 aromatic heterocycles. The van der Waals surface area contributed by atoms with Crippen LogP contribution in [0.15, 0.2) is 18.2 Å². The van der Waals surface area contributed by atoms with Gasteiger partial charge in [-0.2, -0.15) is 0 Å². The van der Waals surface area contributed by atoms with Crippen molar-refractivity contribution < 1.29 is 4.79 Å². The number of carbonyl (C=O) groups excluding carboxylic acids is 1. The second kappa shape index (κ2) is 5.61. The average Bonchev–Trinajstić information content (AvgIpc) is 2.38. The third kappa shape index (κ3) is 2.78. The van der Waals surface area contributed by atoms with Crippen LogP contribution < -0.4 is 5.73 Å². The van der Waals surface area contributed by atoms with Gasteiger partial charge in [0.15, 0.2) is 0 Å². The summed E-state index contributed by atoms with van der Waals surface area (Å²) in [5, 5.41) is 0.443. The third-order valence-corrected chi connectivity index (χ3v) is 3.92. The maximum Gasteiger partial charge on any atom is 0.255 e. The minimum Gasteiger partial charge on any atom is -0.399 e. The van der Waals surface area contributed by atoms with Crippen molar-refractivity contribution in [2.75, 3.05) is 18.8 Å². The first-order valence-electron chi connectivity index (χ1n) is 6.46. The first kappa shape index (κ1) is 13.2. The molecule has 1 aromatic rings. The lowest BCUT2D eigenvalue weighted by atomic mass is 9.95. The van der Waals surface area contributed by atoms with Crippen LogP contribution in [0.3, 0.4) is 0 Å². The molecule has 1 amide bonds. The van der Waals surface area contributed by atoms with E-state index in [0.29, 0.717) is 22.2 Å². The molecule has 0 bridgehead atoms. The highest BCUT2D eigenvalue weighted by molar-refractivity contribution is 6.34. The standard InChI is InChI=1S/C14H19ClN2O/c1-2-10-4-3-7-17(9-10)14(18)12-6-5-11(16)8-13(12)15/h5-6,8,10H,2-4,7,9,16H2,1H3. The fourth-order valence-electron chi connectivity index (χ4n) is 2.46. The quantitative estimate of drug-likeness (QED) is 0.836. The Morgan fingerprint density at radius 1 is 1.56 bits per heavy atom. The van der Waals surface area contributed by atoms with E-state index in [9.17, 15) is 4.79 Å². The molecule has 2 rings (SSSR count). The Morgan fingerprint density at radius 2 is 2.33 bits per heavy atom. The zero-order valence-electron chi connectivity index (χ0n) is 10.7. The van der Waals surface area contributed by atoms with Crippen molar-refractivity contribution in [2.45, 2.75) is 26.2 Å². The molecular weight excluding hydrogens is 248 g/mol. The van der Waals surface area contributed by atoms with Crippen molar-refractivity contribution in [3.8, 4) is 0 Å². The summed E-state index contributed by atoms with van der Waals surface area (Å²) in [5.74, 6) is 0.647. The van der Waals surface area contributed by atoms with Crippen LogP contribution in [0.2, 0.25) is 5.02 Å². The third-order valence-electron chi connectivity index (χ3n) is 3.61. The van der Waals surface area contributed by atoms with Gasteiger partial charge in [0.2, 0.25) is 0 Å². The van der Waals surface area contributed by atoms with E-state index in [-0.39, 0.29) is 5.91 Å². The number of amides is 1. The first-order chi connectivity index (χ1) is 8.61. The van der Waals surface area contributed by atoms with E-state index in [1.165, 1.54) is 6.42 Å². The molecule has 1 aliphatic heterocycles. The zero-order valence-corrected chi connectivity index (χ0v) is 11.4. The highest BCUT2D eigenvalue weighted by Gasteiger charge is 2.24. The fourth-order valence-corrected chi connectivity index (χ4v) is 2.73. The van der Waals surface area contributed by atoms with Gasteiger partial charge in [-0.1, -0.05) is 24.9 Å². The van der Waals surface area contributed by atoms with Crippen LogP contribution in [0.25, 0.3) is 0 Å². The Hall–Kier alpha value is -1.22. The number of hydrogen-bond acceptors (Lipinski definition) is 2. The number of benzene rings is 1. The Kier molecular flexibility index (Phi) is 4.12. The molecule has 1 saturated heterocycles. The van der Waals surface area contributed by atoms with E-state index in [1.807, 2.05) is 4.90 Å². The van der Waals surface area contributed by atoms with E-state index in [4.69, 9.17) is 17.3 Å². The van der Waals surface area contributed by atoms with Crippen LogP contribution in [-0.4, -0.2) is 23.9 Å². The van der Waals surface area contributed by atoms with Crippen LogP contribution in [-0.2, 0) is 0 Å². The summed E-state index contributed by atoms with van der Waals surface area (Å²) in [4.78, 5) is 14.3. The number of likely N-dealkylation sites (tertiary alicyclic amines) is 1. The van der Waals surface area contributed by atoms with Crippen LogP contribution in [0, 0.1) is 5.92 Å². The van der Waals surface area contributed by atoms with Crippen molar-refractivity contribution in [1.29, 1.82) is 0 Å². The SMILES string of the molecule is CCC1CCCN(C(=O)c2ccc(N)cc2Cl)C1. The van der Waals surface area contributed by atoms with Gasteiger partial charge >= 0.3 is 0 Å². The normalized spacial score (nSPS) is 19.9. The van der Waals surface area contributed by atoms with Gasteiger partial charge in [0.05, 0.1) is 10.6 Å². The molecule has 0 aliphatic carbocycles. The molecule has 1 fully saturated rings. The number of nitrogens with zero attached hydrogens (tertiary/aromatic N) is 1. The van der Waals surface area contributed by atoms with Gasteiger partial charge in [0.25, 0.3) is 5.91 Å². The van der Waals surface area contributed by atoms with E-state index in [0.717, 1.165) is 25.9 Å². The fraction of sp³-hybridized carbons (Fsp3) is 0.500. The van der Waals surface area contributed by atoms with Crippen LogP contribution in [0.5, 0.6) is 0 Å². The van der Waals surface area contributed by atoms with Gasteiger partial charge < -0.3 is 10.6 Å². The Morgan fingerprint density at radius 3 is 3.00 bits per heavy atom. The summed E-state index contributed by atoms with van der Waals surface area (Å²) in [7, 11) is 0. The Balaban J connectivity index is 2.15. The largest absolute Gasteiger partial charge is 0.399 e. The number of halogens is 1. The average molecular weight is 267 g/mol. The lowest BCUT2D eigenvalue weighted by Gasteiger charge is -2.32. The molecule has 1 unspecified atom stereocenters. The number of nitrogen functional groups attached to an aromatic ring is 1. The Labute approximate surface area is 113 Å². The van der Waals surface area contributed by atoms with Gasteiger partial charge in [-0.25, -0.2) is 0 Å². The van der Waals surface area contributed by atoms with Crippen molar-refractivity contribution in [3.05, 3.63) is 28.8 Å². The monoisotopic (exact) mass is 266 g/mol. The second-order valence-corrected chi connectivity index (χ2v) is 5.31. The topological polar surface area (TPSA) is 46.3 Å². The number of rotatable bonds is 2. The summed E-state index contributed by atoms with van der Waals surface area (Å²) in [6, 6.07) is 5.08. The molecule has 1 atom stereocenters. The molecule has 2 N–H and O–H groups in total. The van der Waals surface area contributed by atoms with Crippen LogP contribution >= 0.6 is 11.6 Å². The maximum absolute atomic E-state index is 12.4. The number of nitrogens with two attached hydrogens (primary N) is 1. The summed E-state index contributed by atoms with van der Waals surface area (Å²) in [6.07, 6.45) is 3.42. The predicted molar refractivity (Wildman–Crippen MR) is 74.8 cm³/mol. The molecule has 0 spiro atoms. The smallest absolute Gasteiger partial charge is 0.255 e. The van der Waals surface area contributed by atoms with E-state index < -0.39 is 0 Å². The summed E-state index contributed by atoms with van der Waals surface area (Å²) >= 11 is 6.09. The molecule has 3 nitrogen and oxygen atoms in total. The Bertz CT molecular complexity index is 447. The van der Waals surface area contributed by atoms with Crippen molar-refractivity contribution in [2.24, 2.45) is 5.92 Å². The molecule has 0 radical (unpaired) electrons. The number of anilines is 1. The first-order valence-corrected chi connectivity index (χ1v) is 6.84. The second-order valence-electron chi connectivity index (χ2n) is 4.91. The van der Waals surface area contributed by atoms with Crippen molar-refractivity contribution in [3.63, 3.8) is 0 Å². The number of piperidine rings is 1. The summed E-state index contributed by atoms with van der Waals surface area (Å²) in [5.41, 5.74) is 6.78. The molecule has 1 heterocycles. The minimum atomic E-state index is 0.0261. The molecule has 98 valence electrons. The highest BCUT2D eigenvalue weighted by atomic mass is 35.5. The predicted octanol–water partition coefficient (Wildman–Crippen LogP) is 3.18. The lowest BCUT2D eigenvalue weighted by Crippen LogP contribution is -2.39. The molecule has 0 saturated carbocycles. The lowest BCUT2D eigenvalue weighted by molar-refractivity contribution is 0.0671. The van der Waals surface area contributed by atoms with E-state index in [1.54, 1.807) is 18.2 Å². The minimum absolute atomic E-state index is 0.0261. The van der Waals surface area contributed by atoms with Crippen LogP contribution in [0.1, 0.15) is 36.5 Å². The van der Waals surface area contributed by atoms with E-state index >= 15 is 0 Å². The van der Waals surface area contributed by atoms with Crippen LogP contribution in [0.4, 0.5) is 5.69 Å². The number of carbonyl (C=O) groups is 1. The maximum atomic E-state index is 12.4. The molecule has 18 heavy (non-hydrogen) atoms. The molecule has 4 heteroatoms. The molecule has 1 aliphatic rings. The van der Waals surface area contributed by atoms with Gasteiger partial charge in [-0.05, 0) is 37.0 Å². The van der Waals surface area contributed by atoms with Gasteiger partial charge in [0.1, 0.15) is 0 Å². The highest BCUT2D eigenvalue weighted by Crippen LogP contribution is 2.24. The van der Waals surface area contributed by atoms with E-state index in [2.05, 4.69) is 6.92 Å². The summed E-state index contributed by atoms with van der Waals surface area (Å²) in [6.45, 7) is 3.85. The zero-order chi connectivity index (χ0) is 13.1. The van der Waals surface area contributed by atoms with Crippen molar-refractivity contribution in [1.82, 2.24) is 4.90 Å². The van der Waals surface area contributed by atoms with Gasteiger partial charge in [-0.3, -0.25) is 4.79 Å².